The number of hydrogen-bond acceptors (Lipinski definition) is 5. The minimum Gasteiger partial charge on any atom is -0.346 e. The fourth-order valence-electron chi connectivity index (χ4n) is 3.89. The molecule has 0 fully saturated rings. The fourth-order valence-corrected chi connectivity index (χ4v) is 5.06. The van der Waals surface area contributed by atoms with Crippen LogP contribution in [0.4, 0.5) is 0 Å². The van der Waals surface area contributed by atoms with Crippen molar-refractivity contribution in [3.8, 4) is 11.1 Å². The van der Waals surface area contributed by atoms with Crippen LogP contribution in [0.2, 0.25) is 0 Å². The molecule has 6 nitrogen and oxygen atoms in total. The lowest BCUT2D eigenvalue weighted by Crippen LogP contribution is -2.23. The maximum absolute atomic E-state index is 12.6. The van der Waals surface area contributed by atoms with E-state index in [2.05, 4.69) is 37.6 Å². The van der Waals surface area contributed by atoms with E-state index >= 15 is 0 Å². The van der Waals surface area contributed by atoms with Crippen LogP contribution in [0.1, 0.15) is 44.2 Å². The van der Waals surface area contributed by atoms with Crippen LogP contribution in [0.3, 0.4) is 0 Å². The van der Waals surface area contributed by atoms with Gasteiger partial charge in [-0.15, -0.1) is 11.3 Å². The van der Waals surface area contributed by atoms with Gasteiger partial charge in [-0.1, -0.05) is 0 Å². The van der Waals surface area contributed by atoms with E-state index in [1.807, 2.05) is 19.2 Å². The summed E-state index contributed by atoms with van der Waals surface area (Å²) in [4.78, 5) is 23.7. The number of aromatic nitrogens is 4. The third-order valence-corrected chi connectivity index (χ3v) is 6.72. The van der Waals surface area contributed by atoms with Crippen LogP contribution in [-0.2, 0) is 19.4 Å². The highest BCUT2D eigenvalue weighted by Crippen LogP contribution is 2.30. The first kappa shape index (κ1) is 18.0. The Morgan fingerprint density at radius 3 is 2.97 bits per heavy atom. The van der Waals surface area contributed by atoms with Gasteiger partial charge in [0, 0.05) is 28.2 Å². The number of fused-ring (bicyclic) bond motifs is 2. The van der Waals surface area contributed by atoms with Gasteiger partial charge in [-0.3, -0.25) is 14.9 Å². The summed E-state index contributed by atoms with van der Waals surface area (Å²) < 4.78 is 0. The van der Waals surface area contributed by atoms with Crippen LogP contribution in [-0.4, -0.2) is 26.1 Å². The van der Waals surface area contributed by atoms with Crippen LogP contribution in [0.15, 0.2) is 36.8 Å². The predicted octanol–water partition coefficient (Wildman–Crippen LogP) is 4.20. The number of carbonyl (C=O) groups excluding carboxylic acids is 1. The molecule has 4 aromatic rings. The largest absolute Gasteiger partial charge is 0.346 e. The molecule has 0 aromatic carbocycles. The lowest BCUT2D eigenvalue weighted by atomic mass is 9.99. The second kappa shape index (κ2) is 7.40. The highest BCUT2D eigenvalue weighted by atomic mass is 32.1. The van der Waals surface area contributed by atoms with E-state index in [9.17, 15) is 4.79 Å². The molecule has 0 saturated heterocycles. The average Bonchev–Trinajstić information content (AvgIpc) is 3.39. The highest BCUT2D eigenvalue weighted by molar-refractivity contribution is 7.14. The van der Waals surface area contributed by atoms with E-state index in [0.717, 1.165) is 51.1 Å². The Labute approximate surface area is 172 Å². The zero-order valence-corrected chi connectivity index (χ0v) is 17.0. The summed E-state index contributed by atoms with van der Waals surface area (Å²) in [6, 6.07) is 6.13. The molecule has 0 radical (unpaired) electrons. The Kier molecular flexibility index (Phi) is 4.60. The van der Waals surface area contributed by atoms with Crippen molar-refractivity contribution in [3.63, 3.8) is 0 Å². The first-order chi connectivity index (χ1) is 14.2. The van der Waals surface area contributed by atoms with Gasteiger partial charge in [0.15, 0.2) is 5.65 Å². The van der Waals surface area contributed by atoms with Crippen molar-refractivity contribution in [1.82, 2.24) is 25.5 Å². The van der Waals surface area contributed by atoms with Crippen LogP contribution in [0.5, 0.6) is 0 Å². The SMILES string of the molecule is Cc1cc(-c2ccnc3[nH]ncc23)cnc1CNC(=O)c1cc2c(s1)CCCC2. The molecule has 0 saturated carbocycles. The lowest BCUT2D eigenvalue weighted by Gasteiger charge is -2.09. The van der Waals surface area contributed by atoms with Crippen molar-refractivity contribution in [3.05, 3.63) is 63.4 Å². The van der Waals surface area contributed by atoms with Crippen molar-refractivity contribution >= 4 is 28.3 Å². The molecular weight excluding hydrogens is 382 g/mol. The van der Waals surface area contributed by atoms with Crippen molar-refractivity contribution < 1.29 is 4.79 Å². The molecule has 0 spiro atoms. The van der Waals surface area contributed by atoms with Crippen molar-refractivity contribution in [1.29, 1.82) is 0 Å². The smallest absolute Gasteiger partial charge is 0.261 e. The summed E-state index contributed by atoms with van der Waals surface area (Å²) in [5.41, 5.74) is 6.09. The number of aromatic amines is 1. The van der Waals surface area contributed by atoms with Gasteiger partial charge in [0.25, 0.3) is 5.91 Å². The number of carbonyl (C=O) groups is 1. The lowest BCUT2D eigenvalue weighted by molar-refractivity contribution is 0.0954. The number of hydrogen-bond donors (Lipinski definition) is 2. The number of amides is 1. The molecule has 1 aliphatic rings. The molecule has 0 bridgehead atoms. The van der Waals surface area contributed by atoms with Crippen LogP contribution in [0, 0.1) is 6.92 Å². The molecule has 1 aliphatic carbocycles. The van der Waals surface area contributed by atoms with Crippen LogP contribution in [0.25, 0.3) is 22.2 Å². The third-order valence-electron chi connectivity index (χ3n) is 5.49. The van der Waals surface area contributed by atoms with E-state index in [-0.39, 0.29) is 5.91 Å². The number of thiophene rings is 1. The van der Waals surface area contributed by atoms with Gasteiger partial charge in [0.1, 0.15) is 0 Å². The van der Waals surface area contributed by atoms with E-state index in [1.54, 1.807) is 23.7 Å². The summed E-state index contributed by atoms with van der Waals surface area (Å²) in [6.45, 7) is 2.45. The first-order valence-corrected chi connectivity index (χ1v) is 10.6. The molecule has 146 valence electrons. The molecule has 7 heteroatoms. The maximum Gasteiger partial charge on any atom is 0.261 e. The monoisotopic (exact) mass is 403 g/mol. The first-order valence-electron chi connectivity index (χ1n) is 9.83. The number of pyridine rings is 2. The summed E-state index contributed by atoms with van der Waals surface area (Å²) in [7, 11) is 0. The Bertz CT molecular complexity index is 1190. The summed E-state index contributed by atoms with van der Waals surface area (Å²) >= 11 is 1.64. The average molecular weight is 404 g/mol. The van der Waals surface area contributed by atoms with Gasteiger partial charge in [-0.25, -0.2) is 4.98 Å². The van der Waals surface area contributed by atoms with Crippen LogP contribution >= 0.6 is 11.3 Å². The van der Waals surface area contributed by atoms with Crippen LogP contribution < -0.4 is 5.32 Å². The summed E-state index contributed by atoms with van der Waals surface area (Å²) in [5, 5.41) is 11.0. The molecule has 29 heavy (non-hydrogen) atoms. The number of nitrogens with one attached hydrogen (secondary N) is 2. The van der Waals surface area contributed by atoms with E-state index in [0.29, 0.717) is 6.54 Å². The van der Waals surface area contributed by atoms with Gasteiger partial charge in [-0.05, 0) is 67.5 Å². The number of rotatable bonds is 4. The third kappa shape index (κ3) is 3.42. The zero-order chi connectivity index (χ0) is 19.8. The molecule has 4 aromatic heterocycles. The van der Waals surface area contributed by atoms with Gasteiger partial charge < -0.3 is 5.32 Å². The molecule has 2 N–H and O–H groups in total. The fraction of sp³-hybridized carbons (Fsp3) is 0.273. The van der Waals surface area contributed by atoms with Gasteiger partial charge in [-0.2, -0.15) is 5.10 Å². The number of H-pyrrole nitrogens is 1. The van der Waals surface area contributed by atoms with E-state index < -0.39 is 0 Å². The van der Waals surface area contributed by atoms with E-state index in [4.69, 9.17) is 0 Å². The highest BCUT2D eigenvalue weighted by Gasteiger charge is 2.17. The Morgan fingerprint density at radius 1 is 1.21 bits per heavy atom. The molecule has 0 atom stereocenters. The van der Waals surface area contributed by atoms with Gasteiger partial charge >= 0.3 is 0 Å². The second-order valence-electron chi connectivity index (χ2n) is 7.43. The topological polar surface area (TPSA) is 83.6 Å². The van der Waals surface area contributed by atoms with Crippen molar-refractivity contribution in [2.24, 2.45) is 0 Å². The second-order valence-corrected chi connectivity index (χ2v) is 8.56. The molecular formula is C22H21N5OS. The molecule has 0 unspecified atom stereocenters. The minimum atomic E-state index is -0.0103. The van der Waals surface area contributed by atoms with Gasteiger partial charge in [0.05, 0.1) is 23.3 Å². The van der Waals surface area contributed by atoms with Crippen molar-refractivity contribution in [2.75, 3.05) is 0 Å². The molecule has 4 heterocycles. The zero-order valence-electron chi connectivity index (χ0n) is 16.2. The Hall–Kier alpha value is -3.06. The Morgan fingerprint density at radius 2 is 2.10 bits per heavy atom. The summed E-state index contributed by atoms with van der Waals surface area (Å²) in [6.07, 6.45) is 10.0. The normalized spacial score (nSPS) is 13.4. The Balaban J connectivity index is 1.33. The van der Waals surface area contributed by atoms with Gasteiger partial charge in [0.2, 0.25) is 0 Å². The van der Waals surface area contributed by atoms with Crippen molar-refractivity contribution in [2.45, 2.75) is 39.2 Å². The summed E-state index contributed by atoms with van der Waals surface area (Å²) in [5.74, 6) is -0.0103. The maximum atomic E-state index is 12.6. The quantitative estimate of drug-likeness (QED) is 0.535. The predicted molar refractivity (Wildman–Crippen MR) is 114 cm³/mol. The molecule has 1 amide bonds. The molecule has 5 rings (SSSR count). The van der Waals surface area contributed by atoms with E-state index in [1.165, 1.54) is 23.3 Å². The molecule has 0 aliphatic heterocycles. The standard InChI is InChI=1S/C22H21N5OS/c1-13-8-15(16-6-7-23-21-17(16)11-26-27-21)10-24-18(13)12-25-22(28)20-9-14-4-2-3-5-19(14)29-20/h6-11H,2-5,12H2,1H3,(H,25,28)(H,23,26,27). The number of nitrogens with zero attached hydrogens (tertiary/aromatic N) is 3. The number of aryl methyl sites for hydroxylation is 3. The minimum absolute atomic E-state index is 0.0103.